The Balaban J connectivity index is 1.86. The second-order valence-electron chi connectivity index (χ2n) is 5.24. The number of rotatable bonds is 4. The van der Waals surface area contributed by atoms with Crippen molar-refractivity contribution < 1.29 is 14.7 Å². The fourth-order valence-corrected chi connectivity index (χ4v) is 3.57. The molecule has 2 atom stereocenters. The van der Waals surface area contributed by atoms with Gasteiger partial charge < -0.3 is 10.0 Å². The summed E-state index contributed by atoms with van der Waals surface area (Å²) in [6.07, 6.45) is 1.10. The Bertz CT molecular complexity index is 520. The molecule has 0 spiro atoms. The van der Waals surface area contributed by atoms with Crippen LogP contribution in [0.4, 0.5) is 0 Å². The second-order valence-corrected chi connectivity index (χ2v) is 7.20. The van der Waals surface area contributed by atoms with Crippen molar-refractivity contribution in [2.45, 2.75) is 30.7 Å². The first kappa shape index (κ1) is 16.4. The molecule has 0 saturated carbocycles. The lowest BCUT2D eigenvalue weighted by Crippen LogP contribution is -2.46. The van der Waals surface area contributed by atoms with Crippen molar-refractivity contribution in [1.82, 2.24) is 4.90 Å². The smallest absolute Gasteiger partial charge is 0.306 e. The van der Waals surface area contributed by atoms with Gasteiger partial charge in [-0.15, -0.1) is 11.8 Å². The quantitative estimate of drug-likeness (QED) is 0.825. The van der Waals surface area contributed by atoms with Gasteiger partial charge in [0.1, 0.15) is 0 Å². The molecule has 1 aromatic rings. The number of nitrogens with zero attached hydrogens (tertiary/aromatic N) is 1. The van der Waals surface area contributed by atoms with Crippen LogP contribution in [-0.2, 0) is 9.59 Å². The van der Waals surface area contributed by atoms with Crippen LogP contribution in [0.1, 0.15) is 19.8 Å². The fourth-order valence-electron chi connectivity index (χ4n) is 2.53. The first-order valence-electron chi connectivity index (χ1n) is 6.88. The summed E-state index contributed by atoms with van der Waals surface area (Å²) in [5, 5.41) is 9.04. The first-order valence-corrected chi connectivity index (χ1v) is 8.66. The summed E-state index contributed by atoms with van der Waals surface area (Å²) >= 11 is 4.89. The van der Waals surface area contributed by atoms with Crippen molar-refractivity contribution in [3.63, 3.8) is 0 Å². The van der Waals surface area contributed by atoms with Gasteiger partial charge in [0.15, 0.2) is 0 Å². The molecule has 114 valence electrons. The van der Waals surface area contributed by atoms with Gasteiger partial charge in [0.05, 0.1) is 11.7 Å². The summed E-state index contributed by atoms with van der Waals surface area (Å²) in [4.78, 5) is 26.1. The predicted molar refractivity (Wildman–Crippen MR) is 86.4 cm³/mol. The lowest BCUT2D eigenvalue weighted by Gasteiger charge is -2.36. The number of carbonyl (C=O) groups excluding carboxylic acids is 1. The maximum absolute atomic E-state index is 12.3. The molecule has 1 aliphatic heterocycles. The molecule has 1 fully saturated rings. The average molecular weight is 372 g/mol. The van der Waals surface area contributed by atoms with Crippen molar-refractivity contribution in [3.05, 3.63) is 28.7 Å². The summed E-state index contributed by atoms with van der Waals surface area (Å²) in [5.74, 6) is -0.593. The van der Waals surface area contributed by atoms with Crippen LogP contribution >= 0.6 is 27.7 Å². The van der Waals surface area contributed by atoms with E-state index < -0.39 is 5.97 Å². The average Bonchev–Trinajstić information content (AvgIpc) is 2.46. The molecule has 21 heavy (non-hydrogen) atoms. The van der Waals surface area contributed by atoms with Crippen LogP contribution < -0.4 is 0 Å². The lowest BCUT2D eigenvalue weighted by atomic mass is 9.92. The van der Waals surface area contributed by atoms with Crippen LogP contribution in [-0.4, -0.2) is 40.2 Å². The van der Waals surface area contributed by atoms with Gasteiger partial charge in [0.25, 0.3) is 0 Å². The number of carbonyl (C=O) groups is 2. The van der Waals surface area contributed by atoms with E-state index in [9.17, 15) is 9.59 Å². The molecule has 2 rings (SSSR count). The third kappa shape index (κ3) is 4.48. The largest absolute Gasteiger partial charge is 0.481 e. The highest BCUT2D eigenvalue weighted by atomic mass is 79.9. The van der Waals surface area contributed by atoms with Crippen LogP contribution in [0.2, 0.25) is 0 Å². The van der Waals surface area contributed by atoms with E-state index in [1.54, 1.807) is 0 Å². The highest BCUT2D eigenvalue weighted by Gasteiger charge is 2.31. The van der Waals surface area contributed by atoms with Crippen LogP contribution in [0.3, 0.4) is 0 Å². The minimum atomic E-state index is -0.752. The van der Waals surface area contributed by atoms with E-state index in [0.29, 0.717) is 25.1 Å². The fraction of sp³-hybridized carbons (Fsp3) is 0.467. The minimum absolute atomic E-state index is 0.00197. The Kier molecular flexibility index (Phi) is 5.70. The number of hydrogen-bond donors (Lipinski definition) is 1. The zero-order valence-electron chi connectivity index (χ0n) is 11.8. The summed E-state index contributed by atoms with van der Waals surface area (Å²) < 4.78 is 1.02. The second kappa shape index (κ2) is 7.31. The Morgan fingerprint density at radius 2 is 2.05 bits per heavy atom. The molecule has 0 radical (unpaired) electrons. The Hall–Kier alpha value is -1.01. The number of hydrogen-bond acceptors (Lipinski definition) is 3. The number of carboxylic acid groups (broad SMARTS) is 1. The van der Waals surface area contributed by atoms with Gasteiger partial charge in [-0.25, -0.2) is 0 Å². The van der Waals surface area contributed by atoms with E-state index in [4.69, 9.17) is 5.11 Å². The topological polar surface area (TPSA) is 57.6 Å². The number of halogens is 1. The monoisotopic (exact) mass is 371 g/mol. The van der Waals surface area contributed by atoms with Crippen LogP contribution in [0, 0.1) is 5.92 Å². The van der Waals surface area contributed by atoms with Gasteiger partial charge in [0.2, 0.25) is 5.91 Å². The molecule has 1 aliphatic rings. The van der Waals surface area contributed by atoms with Crippen molar-refractivity contribution in [1.29, 1.82) is 0 Å². The SMILES string of the molecule is CC1CC(C(=O)O)CCN1C(=O)CSc1ccc(Br)cc1. The van der Waals surface area contributed by atoms with E-state index in [-0.39, 0.29) is 17.9 Å². The van der Waals surface area contributed by atoms with Crippen LogP contribution in [0.25, 0.3) is 0 Å². The number of aliphatic carboxylic acids is 1. The van der Waals surface area contributed by atoms with Crippen molar-refractivity contribution >= 4 is 39.6 Å². The molecule has 1 heterocycles. The van der Waals surface area contributed by atoms with E-state index in [1.165, 1.54) is 11.8 Å². The molecule has 1 saturated heterocycles. The summed E-state index contributed by atoms with van der Waals surface area (Å²) in [6, 6.07) is 7.85. The van der Waals surface area contributed by atoms with Gasteiger partial charge in [-0.2, -0.15) is 0 Å². The zero-order valence-corrected chi connectivity index (χ0v) is 14.2. The molecule has 0 aromatic heterocycles. The van der Waals surface area contributed by atoms with Crippen molar-refractivity contribution in [3.8, 4) is 0 Å². The van der Waals surface area contributed by atoms with Gasteiger partial charge in [-0.1, -0.05) is 15.9 Å². The lowest BCUT2D eigenvalue weighted by molar-refractivity contribution is -0.146. The molecular weight excluding hydrogens is 354 g/mol. The number of piperidine rings is 1. The van der Waals surface area contributed by atoms with Crippen LogP contribution in [0.5, 0.6) is 0 Å². The normalized spacial score (nSPS) is 22.1. The molecule has 1 N–H and O–H groups in total. The van der Waals surface area contributed by atoms with E-state index in [2.05, 4.69) is 15.9 Å². The summed E-state index contributed by atoms with van der Waals surface area (Å²) in [7, 11) is 0. The predicted octanol–water partition coefficient (Wildman–Crippen LogP) is 3.25. The molecule has 4 nitrogen and oxygen atoms in total. The number of benzene rings is 1. The Morgan fingerprint density at radius 3 is 2.62 bits per heavy atom. The standard InChI is InChI=1S/C15H18BrNO3S/c1-10-8-11(15(19)20)6-7-17(10)14(18)9-21-13-4-2-12(16)3-5-13/h2-5,10-11H,6-9H2,1H3,(H,19,20). The van der Waals surface area contributed by atoms with E-state index >= 15 is 0 Å². The number of amides is 1. The molecule has 2 unspecified atom stereocenters. The zero-order chi connectivity index (χ0) is 15.4. The maximum Gasteiger partial charge on any atom is 0.306 e. The van der Waals surface area contributed by atoms with Gasteiger partial charge in [0, 0.05) is 22.0 Å². The van der Waals surface area contributed by atoms with Gasteiger partial charge >= 0.3 is 5.97 Å². The molecular formula is C15H18BrNO3S. The molecule has 0 aliphatic carbocycles. The van der Waals surface area contributed by atoms with Crippen LogP contribution in [0.15, 0.2) is 33.6 Å². The minimum Gasteiger partial charge on any atom is -0.481 e. The number of thioether (sulfide) groups is 1. The Morgan fingerprint density at radius 1 is 1.38 bits per heavy atom. The molecule has 0 bridgehead atoms. The molecule has 1 amide bonds. The highest BCUT2D eigenvalue weighted by molar-refractivity contribution is 9.10. The van der Waals surface area contributed by atoms with Crippen molar-refractivity contribution in [2.24, 2.45) is 5.92 Å². The third-order valence-corrected chi connectivity index (χ3v) is 5.25. The van der Waals surface area contributed by atoms with Gasteiger partial charge in [-0.05, 0) is 44.0 Å². The first-order chi connectivity index (χ1) is 9.97. The maximum atomic E-state index is 12.3. The third-order valence-electron chi connectivity index (χ3n) is 3.72. The number of likely N-dealkylation sites (tertiary alicyclic amines) is 1. The highest BCUT2D eigenvalue weighted by Crippen LogP contribution is 2.25. The Labute approximate surface area is 137 Å². The van der Waals surface area contributed by atoms with E-state index in [0.717, 1.165) is 9.37 Å². The van der Waals surface area contributed by atoms with E-state index in [1.807, 2.05) is 36.1 Å². The molecule has 1 aromatic carbocycles. The molecule has 6 heteroatoms. The van der Waals surface area contributed by atoms with Gasteiger partial charge in [-0.3, -0.25) is 9.59 Å². The number of carboxylic acids is 1. The van der Waals surface area contributed by atoms with Crippen molar-refractivity contribution in [2.75, 3.05) is 12.3 Å². The summed E-state index contributed by atoms with van der Waals surface area (Å²) in [5.41, 5.74) is 0. The summed E-state index contributed by atoms with van der Waals surface area (Å²) in [6.45, 7) is 2.47.